The Labute approximate surface area is 120 Å². The lowest BCUT2D eigenvalue weighted by molar-refractivity contribution is -0.145. The van der Waals surface area contributed by atoms with Gasteiger partial charge in [-0.2, -0.15) is 0 Å². The Morgan fingerprint density at radius 3 is 2.80 bits per heavy atom. The average molecular weight is 305 g/mol. The van der Waals surface area contributed by atoms with Gasteiger partial charge in [0.05, 0.1) is 31.5 Å². The minimum Gasteiger partial charge on any atom is -0.469 e. The van der Waals surface area contributed by atoms with Crippen molar-refractivity contribution in [2.75, 3.05) is 26.9 Å². The van der Waals surface area contributed by atoms with E-state index < -0.39 is 27.2 Å². The smallest absolute Gasteiger partial charge is 0.310 e. The summed E-state index contributed by atoms with van der Waals surface area (Å²) in [5.41, 5.74) is 0. The van der Waals surface area contributed by atoms with Gasteiger partial charge in [0.1, 0.15) is 0 Å². The number of ether oxygens (including phenoxy) is 2. The topological polar surface area (TPSA) is 81.7 Å². The van der Waals surface area contributed by atoms with Crippen molar-refractivity contribution >= 4 is 16.0 Å². The van der Waals surface area contributed by atoms with Crippen molar-refractivity contribution in [3.8, 4) is 0 Å². The van der Waals surface area contributed by atoms with Gasteiger partial charge in [-0.15, -0.1) is 6.58 Å². The Bertz CT molecular complexity index is 420. The molecular formula is C13H23NO5S. The highest BCUT2D eigenvalue weighted by Gasteiger charge is 2.41. The summed E-state index contributed by atoms with van der Waals surface area (Å²) >= 11 is 0. The number of carbonyl (C=O) groups excluding carboxylic acids is 1. The lowest BCUT2D eigenvalue weighted by Crippen LogP contribution is -2.40. The van der Waals surface area contributed by atoms with Gasteiger partial charge in [-0.3, -0.25) is 4.79 Å². The van der Waals surface area contributed by atoms with E-state index in [1.807, 2.05) is 0 Å². The van der Waals surface area contributed by atoms with Crippen LogP contribution in [0.25, 0.3) is 0 Å². The van der Waals surface area contributed by atoms with Crippen LogP contribution in [0, 0.1) is 5.92 Å². The molecule has 0 amide bonds. The summed E-state index contributed by atoms with van der Waals surface area (Å²) in [5, 5.41) is -0.692. The van der Waals surface area contributed by atoms with Crippen molar-refractivity contribution in [1.29, 1.82) is 0 Å². The average Bonchev–Trinajstić information content (AvgIpc) is 2.92. The van der Waals surface area contributed by atoms with Crippen molar-refractivity contribution in [1.82, 2.24) is 4.72 Å². The second-order valence-electron chi connectivity index (χ2n) is 4.73. The van der Waals surface area contributed by atoms with E-state index in [-0.39, 0.29) is 6.54 Å². The second kappa shape index (κ2) is 8.39. The number of rotatable bonds is 9. The van der Waals surface area contributed by atoms with Gasteiger partial charge in [0.15, 0.2) is 0 Å². The quantitative estimate of drug-likeness (QED) is 0.388. The maximum Gasteiger partial charge on any atom is 0.310 e. The molecule has 0 heterocycles. The number of sulfonamides is 1. The molecule has 0 bridgehead atoms. The van der Waals surface area contributed by atoms with Gasteiger partial charge in [-0.25, -0.2) is 13.1 Å². The summed E-state index contributed by atoms with van der Waals surface area (Å²) in [7, 11) is -2.23. The molecule has 0 spiro atoms. The van der Waals surface area contributed by atoms with E-state index in [1.54, 1.807) is 6.08 Å². The molecule has 1 fully saturated rings. The zero-order chi connectivity index (χ0) is 15.0. The van der Waals surface area contributed by atoms with Crippen LogP contribution in [0.5, 0.6) is 0 Å². The zero-order valence-corrected chi connectivity index (χ0v) is 12.7. The Morgan fingerprint density at radius 1 is 1.40 bits per heavy atom. The molecule has 0 aromatic heterocycles. The SMILES string of the molecule is C=CCCOCCNS(=O)(=O)C1CCCC1C(=O)OC. The fourth-order valence-electron chi connectivity index (χ4n) is 2.35. The molecule has 1 rings (SSSR count). The van der Waals surface area contributed by atoms with Crippen LogP contribution < -0.4 is 4.72 Å². The Hall–Kier alpha value is -0.920. The summed E-state index contributed by atoms with van der Waals surface area (Å²) in [4.78, 5) is 11.6. The molecule has 20 heavy (non-hydrogen) atoms. The molecule has 2 unspecified atom stereocenters. The Balaban J connectivity index is 2.43. The molecule has 1 saturated carbocycles. The first-order chi connectivity index (χ1) is 9.53. The van der Waals surface area contributed by atoms with E-state index in [9.17, 15) is 13.2 Å². The molecule has 0 aromatic rings. The molecule has 0 aliphatic heterocycles. The van der Waals surface area contributed by atoms with Crippen molar-refractivity contribution in [3.05, 3.63) is 12.7 Å². The second-order valence-corrected chi connectivity index (χ2v) is 6.71. The largest absolute Gasteiger partial charge is 0.469 e. The monoisotopic (exact) mass is 305 g/mol. The minimum atomic E-state index is -3.51. The van der Waals surface area contributed by atoms with Crippen molar-refractivity contribution in [2.24, 2.45) is 5.92 Å². The third-order valence-electron chi connectivity index (χ3n) is 3.37. The summed E-state index contributed by atoms with van der Waals surface area (Å²) in [6.07, 6.45) is 4.26. The highest BCUT2D eigenvalue weighted by atomic mass is 32.2. The van der Waals surface area contributed by atoms with E-state index >= 15 is 0 Å². The molecule has 0 saturated heterocycles. The summed E-state index contributed by atoms with van der Waals surface area (Å²) in [5.74, 6) is -1.00. The van der Waals surface area contributed by atoms with Gasteiger partial charge >= 0.3 is 5.97 Å². The van der Waals surface area contributed by atoms with Gasteiger partial charge in [0, 0.05) is 6.54 Å². The predicted octanol–water partition coefficient (Wildman–Crippen LogP) is 0.840. The first-order valence-corrected chi connectivity index (χ1v) is 8.32. The molecule has 2 atom stereocenters. The number of nitrogens with one attached hydrogen (secondary N) is 1. The Kier molecular flexibility index (Phi) is 7.18. The fourth-order valence-corrected chi connectivity index (χ4v) is 4.09. The molecule has 0 aromatic carbocycles. The fraction of sp³-hybridized carbons (Fsp3) is 0.769. The van der Waals surface area contributed by atoms with Crippen molar-refractivity contribution in [3.63, 3.8) is 0 Å². The van der Waals surface area contributed by atoms with E-state index in [1.165, 1.54) is 7.11 Å². The van der Waals surface area contributed by atoms with Crippen molar-refractivity contribution in [2.45, 2.75) is 30.9 Å². The predicted molar refractivity (Wildman–Crippen MR) is 75.7 cm³/mol. The molecule has 116 valence electrons. The highest BCUT2D eigenvalue weighted by Crippen LogP contribution is 2.31. The van der Waals surface area contributed by atoms with E-state index in [0.717, 1.165) is 12.8 Å². The lowest BCUT2D eigenvalue weighted by atomic mass is 10.1. The molecule has 1 aliphatic carbocycles. The molecule has 6 nitrogen and oxygen atoms in total. The van der Waals surface area contributed by atoms with Gasteiger partial charge < -0.3 is 9.47 Å². The number of methoxy groups -OCH3 is 1. The van der Waals surface area contributed by atoms with Gasteiger partial charge in [-0.1, -0.05) is 12.5 Å². The van der Waals surface area contributed by atoms with Crippen LogP contribution in [0.1, 0.15) is 25.7 Å². The van der Waals surface area contributed by atoms with Crippen LogP contribution >= 0.6 is 0 Å². The van der Waals surface area contributed by atoms with Crippen LogP contribution in [0.15, 0.2) is 12.7 Å². The zero-order valence-electron chi connectivity index (χ0n) is 11.8. The summed E-state index contributed by atoms with van der Waals surface area (Å²) in [6, 6.07) is 0. The Morgan fingerprint density at radius 2 is 2.15 bits per heavy atom. The molecular weight excluding hydrogens is 282 g/mol. The molecule has 1 N–H and O–H groups in total. The van der Waals surface area contributed by atoms with Gasteiger partial charge in [-0.05, 0) is 19.3 Å². The lowest BCUT2D eigenvalue weighted by Gasteiger charge is -2.18. The highest BCUT2D eigenvalue weighted by molar-refractivity contribution is 7.90. The molecule has 1 aliphatic rings. The van der Waals surface area contributed by atoms with Crippen LogP contribution in [-0.2, 0) is 24.3 Å². The third kappa shape index (κ3) is 4.88. The maximum atomic E-state index is 12.2. The number of esters is 1. The maximum absolute atomic E-state index is 12.2. The van der Waals surface area contributed by atoms with E-state index in [4.69, 9.17) is 4.74 Å². The van der Waals surface area contributed by atoms with Crippen LogP contribution in [0.3, 0.4) is 0 Å². The first-order valence-electron chi connectivity index (χ1n) is 6.78. The van der Waals surface area contributed by atoms with E-state index in [2.05, 4.69) is 16.0 Å². The molecule has 7 heteroatoms. The van der Waals surface area contributed by atoms with Crippen LogP contribution in [0.2, 0.25) is 0 Å². The number of hydrogen-bond donors (Lipinski definition) is 1. The summed E-state index contributed by atoms with van der Waals surface area (Å²) in [6.45, 7) is 4.62. The standard InChI is InChI=1S/C13H23NO5S/c1-3-4-9-19-10-8-14-20(16,17)12-7-5-6-11(12)13(15)18-2/h3,11-12,14H,1,4-10H2,2H3. The van der Waals surface area contributed by atoms with Crippen molar-refractivity contribution < 1.29 is 22.7 Å². The van der Waals surface area contributed by atoms with E-state index in [0.29, 0.717) is 26.1 Å². The van der Waals surface area contributed by atoms with Gasteiger partial charge in [0.2, 0.25) is 10.0 Å². The van der Waals surface area contributed by atoms with Gasteiger partial charge in [0.25, 0.3) is 0 Å². The van der Waals surface area contributed by atoms with Crippen LogP contribution in [-0.4, -0.2) is 46.5 Å². The molecule has 0 radical (unpaired) electrons. The number of carbonyl (C=O) groups is 1. The third-order valence-corrected chi connectivity index (χ3v) is 5.34. The summed E-state index contributed by atoms with van der Waals surface area (Å²) < 4.78 is 36.7. The number of hydrogen-bond acceptors (Lipinski definition) is 5. The van der Waals surface area contributed by atoms with Crippen LogP contribution in [0.4, 0.5) is 0 Å². The minimum absolute atomic E-state index is 0.212. The first kappa shape index (κ1) is 17.1. The normalized spacial score (nSPS) is 22.6.